The van der Waals surface area contributed by atoms with Gasteiger partial charge in [0.25, 0.3) is 0 Å². The first-order chi connectivity index (χ1) is 9.36. The molecule has 0 aromatic rings. The average molecular weight is 286 g/mol. The third kappa shape index (κ3) is 4.20. The topological polar surface area (TPSA) is 91.3 Å². The molecule has 0 aromatic carbocycles. The van der Waals surface area contributed by atoms with Gasteiger partial charge in [-0.2, -0.15) is 0 Å². The summed E-state index contributed by atoms with van der Waals surface area (Å²) in [5.41, 5.74) is 0. The molecule has 1 N–H and O–H groups in total. The zero-order chi connectivity index (χ0) is 15.3. The van der Waals surface area contributed by atoms with E-state index in [-0.39, 0.29) is 6.61 Å². The summed E-state index contributed by atoms with van der Waals surface area (Å²) in [4.78, 5) is 22.1. The Kier molecular flexibility index (Phi) is 5.95. The number of ether oxygens (including phenoxy) is 4. The Balaban J connectivity index is 2.87. The van der Waals surface area contributed by atoms with E-state index in [9.17, 15) is 14.7 Å². The van der Waals surface area contributed by atoms with Gasteiger partial charge in [-0.25, -0.2) is 0 Å². The molecule has 7 heteroatoms. The summed E-state index contributed by atoms with van der Waals surface area (Å²) in [6, 6.07) is 0. The molecule has 0 spiro atoms. The van der Waals surface area contributed by atoms with Gasteiger partial charge in [0, 0.05) is 13.8 Å². The van der Waals surface area contributed by atoms with Gasteiger partial charge in [-0.15, -0.1) is 6.42 Å². The Labute approximate surface area is 117 Å². The number of hydrogen-bond acceptors (Lipinski definition) is 7. The van der Waals surface area contributed by atoms with Gasteiger partial charge in [0.05, 0.1) is 6.10 Å². The quantitative estimate of drug-likeness (QED) is 0.555. The van der Waals surface area contributed by atoms with Crippen molar-refractivity contribution in [3.05, 3.63) is 0 Å². The van der Waals surface area contributed by atoms with Crippen molar-refractivity contribution in [1.82, 2.24) is 0 Å². The maximum absolute atomic E-state index is 11.1. The molecule has 1 heterocycles. The van der Waals surface area contributed by atoms with Crippen molar-refractivity contribution < 1.29 is 33.6 Å². The minimum atomic E-state index is -1.27. The number of aliphatic hydroxyl groups is 1. The molecule has 0 aromatic heterocycles. The summed E-state index contributed by atoms with van der Waals surface area (Å²) < 4.78 is 20.6. The van der Waals surface area contributed by atoms with E-state index in [1.165, 1.54) is 13.8 Å². The molecule has 1 fully saturated rings. The summed E-state index contributed by atoms with van der Waals surface area (Å²) in [6.07, 6.45) is 0.0787. The molecule has 0 aliphatic carbocycles. The van der Waals surface area contributed by atoms with Crippen LogP contribution < -0.4 is 0 Å². The molecule has 0 bridgehead atoms. The fourth-order valence-electron chi connectivity index (χ4n) is 1.93. The van der Waals surface area contributed by atoms with E-state index in [2.05, 4.69) is 5.92 Å². The van der Waals surface area contributed by atoms with E-state index >= 15 is 0 Å². The number of carbonyl (C=O) groups excluding carboxylic acids is 2. The summed E-state index contributed by atoms with van der Waals surface area (Å²) in [6.45, 7) is 3.93. The van der Waals surface area contributed by atoms with Gasteiger partial charge in [-0.05, 0) is 6.92 Å². The second-order valence-corrected chi connectivity index (χ2v) is 4.36. The fraction of sp³-hybridized carbons (Fsp3) is 0.692. The molecule has 3 unspecified atom stereocenters. The molecule has 1 aliphatic heterocycles. The van der Waals surface area contributed by atoms with Crippen molar-refractivity contribution in [2.75, 3.05) is 6.61 Å². The Hall–Kier alpha value is -1.62. The Morgan fingerprint density at radius 2 is 1.80 bits per heavy atom. The minimum Gasteiger partial charge on any atom is -0.457 e. The van der Waals surface area contributed by atoms with Crippen LogP contribution >= 0.6 is 0 Å². The van der Waals surface area contributed by atoms with E-state index in [1.807, 2.05) is 0 Å². The normalized spacial score (nSPS) is 33.0. The molecular formula is C13H18O7. The molecule has 5 atom stereocenters. The number of rotatable bonds is 4. The van der Waals surface area contributed by atoms with Crippen LogP contribution in [0.4, 0.5) is 0 Å². The minimum absolute atomic E-state index is 0.0693. The van der Waals surface area contributed by atoms with Crippen molar-refractivity contribution in [2.24, 2.45) is 0 Å². The highest BCUT2D eigenvalue weighted by molar-refractivity contribution is 5.67. The van der Waals surface area contributed by atoms with Gasteiger partial charge in [-0.1, -0.05) is 5.92 Å². The highest BCUT2D eigenvalue weighted by atomic mass is 16.7. The second kappa shape index (κ2) is 7.24. The van der Waals surface area contributed by atoms with Crippen molar-refractivity contribution in [3.8, 4) is 12.3 Å². The van der Waals surface area contributed by atoms with Crippen molar-refractivity contribution in [1.29, 1.82) is 0 Å². The lowest BCUT2D eigenvalue weighted by molar-refractivity contribution is -0.295. The number of carbonyl (C=O) groups is 2. The van der Waals surface area contributed by atoms with Crippen LogP contribution in [0.2, 0.25) is 0 Å². The standard InChI is InChI=1S/C13H18O7/c1-5-6-17-13-12(20-9(4)15)10(16)11(7(2)18-13)19-8(3)14/h1,7,10-13,16H,6H2,2-4H3/t7?,10?,11-,12?,13+/m0/s1. The van der Waals surface area contributed by atoms with Crippen LogP contribution in [0.5, 0.6) is 0 Å². The molecule has 0 amide bonds. The Morgan fingerprint density at radius 3 is 2.30 bits per heavy atom. The Morgan fingerprint density at radius 1 is 1.25 bits per heavy atom. The summed E-state index contributed by atoms with van der Waals surface area (Å²) in [5, 5.41) is 10.2. The molecule has 0 radical (unpaired) electrons. The van der Waals surface area contributed by atoms with Gasteiger partial charge < -0.3 is 24.1 Å². The van der Waals surface area contributed by atoms with Crippen molar-refractivity contribution in [2.45, 2.75) is 51.5 Å². The lowest BCUT2D eigenvalue weighted by atomic mass is 9.99. The van der Waals surface area contributed by atoms with E-state index in [4.69, 9.17) is 25.4 Å². The summed E-state index contributed by atoms with van der Waals surface area (Å²) in [7, 11) is 0. The molecule has 1 saturated heterocycles. The predicted octanol–water partition coefficient (Wildman–Crippen LogP) is -0.395. The van der Waals surface area contributed by atoms with Gasteiger partial charge in [0.15, 0.2) is 18.5 Å². The van der Waals surface area contributed by atoms with Gasteiger partial charge >= 0.3 is 11.9 Å². The monoisotopic (exact) mass is 286 g/mol. The van der Waals surface area contributed by atoms with E-state index in [1.54, 1.807) is 6.92 Å². The third-order valence-corrected chi connectivity index (χ3v) is 2.69. The second-order valence-electron chi connectivity index (χ2n) is 4.36. The highest BCUT2D eigenvalue weighted by Crippen LogP contribution is 2.26. The van der Waals surface area contributed by atoms with Gasteiger partial charge in [-0.3, -0.25) is 9.59 Å². The zero-order valence-corrected chi connectivity index (χ0v) is 11.6. The number of hydrogen-bond donors (Lipinski definition) is 1. The fourth-order valence-corrected chi connectivity index (χ4v) is 1.93. The molecule has 20 heavy (non-hydrogen) atoms. The number of aliphatic hydroxyl groups excluding tert-OH is 1. The predicted molar refractivity (Wildman–Crippen MR) is 66.2 cm³/mol. The molecule has 1 aliphatic rings. The van der Waals surface area contributed by atoms with Crippen LogP contribution in [0.3, 0.4) is 0 Å². The smallest absolute Gasteiger partial charge is 0.303 e. The van der Waals surface area contributed by atoms with Gasteiger partial charge in [0.1, 0.15) is 12.7 Å². The SMILES string of the molecule is C#CCO[C@@H]1OC(C)[C@H](OC(C)=O)C(O)C1OC(C)=O. The maximum atomic E-state index is 11.1. The van der Waals surface area contributed by atoms with Crippen LogP contribution in [0.15, 0.2) is 0 Å². The summed E-state index contributed by atoms with van der Waals surface area (Å²) >= 11 is 0. The maximum Gasteiger partial charge on any atom is 0.303 e. The average Bonchev–Trinajstić information content (AvgIpc) is 2.35. The Bertz CT molecular complexity index is 400. The van der Waals surface area contributed by atoms with Crippen LogP contribution in [0, 0.1) is 12.3 Å². The van der Waals surface area contributed by atoms with Crippen LogP contribution in [0.25, 0.3) is 0 Å². The largest absolute Gasteiger partial charge is 0.457 e. The number of esters is 2. The first kappa shape index (κ1) is 16.4. The third-order valence-electron chi connectivity index (χ3n) is 2.69. The highest BCUT2D eigenvalue weighted by Gasteiger charge is 2.47. The lowest BCUT2D eigenvalue weighted by Gasteiger charge is -2.41. The first-order valence-electron chi connectivity index (χ1n) is 6.09. The molecule has 7 nitrogen and oxygen atoms in total. The van der Waals surface area contributed by atoms with E-state index in [0.29, 0.717) is 0 Å². The van der Waals surface area contributed by atoms with Crippen LogP contribution in [-0.4, -0.2) is 54.4 Å². The lowest BCUT2D eigenvalue weighted by Crippen LogP contribution is -2.59. The molecule has 0 saturated carbocycles. The zero-order valence-electron chi connectivity index (χ0n) is 11.6. The molecule has 112 valence electrons. The van der Waals surface area contributed by atoms with Crippen LogP contribution in [0.1, 0.15) is 20.8 Å². The van der Waals surface area contributed by atoms with Crippen LogP contribution in [-0.2, 0) is 28.5 Å². The van der Waals surface area contributed by atoms with Gasteiger partial charge in [0.2, 0.25) is 0 Å². The van der Waals surface area contributed by atoms with E-state index < -0.39 is 42.6 Å². The first-order valence-corrected chi connectivity index (χ1v) is 6.09. The summed E-state index contributed by atoms with van der Waals surface area (Å²) in [5.74, 6) is 1.06. The van der Waals surface area contributed by atoms with E-state index in [0.717, 1.165) is 0 Å². The number of terminal acetylenes is 1. The molecular weight excluding hydrogens is 268 g/mol. The molecule has 1 rings (SSSR count). The van der Waals surface area contributed by atoms with Crippen molar-refractivity contribution in [3.63, 3.8) is 0 Å². The van der Waals surface area contributed by atoms with Crippen molar-refractivity contribution >= 4 is 11.9 Å².